The lowest BCUT2D eigenvalue weighted by Gasteiger charge is -2.34. The summed E-state index contributed by atoms with van der Waals surface area (Å²) < 4.78 is 2.18. The molecule has 0 spiro atoms. The van der Waals surface area contributed by atoms with Crippen LogP contribution in [0.5, 0.6) is 0 Å². The van der Waals surface area contributed by atoms with Crippen molar-refractivity contribution < 1.29 is 0 Å². The van der Waals surface area contributed by atoms with Crippen LogP contribution in [0.25, 0.3) is 0 Å². The molecule has 0 bridgehead atoms. The molecule has 22 heavy (non-hydrogen) atoms. The van der Waals surface area contributed by atoms with Gasteiger partial charge in [-0.05, 0) is 24.6 Å². The van der Waals surface area contributed by atoms with Crippen LogP contribution in [0.2, 0.25) is 0 Å². The molecule has 2 aromatic carbocycles. The molecule has 3 nitrogen and oxygen atoms in total. The van der Waals surface area contributed by atoms with E-state index in [0.29, 0.717) is 6.04 Å². The van der Waals surface area contributed by atoms with Gasteiger partial charge in [-0.1, -0.05) is 48.5 Å². The zero-order valence-electron chi connectivity index (χ0n) is 13.0. The number of para-hydroxylation sites is 1. The van der Waals surface area contributed by atoms with E-state index >= 15 is 0 Å². The molecule has 112 valence electrons. The molecule has 3 aromatic rings. The molecule has 0 radical (unpaired) electrons. The maximum Gasteiger partial charge on any atom is 0.0952 e. The maximum atomic E-state index is 4.23. The van der Waals surface area contributed by atoms with Gasteiger partial charge in [0.1, 0.15) is 0 Å². The SMILES string of the molecule is C[C@@H]([C@H](c1ccccc1)n1ccnc1)N(C)c1ccccc1. The lowest BCUT2D eigenvalue weighted by atomic mass is 9.99. The summed E-state index contributed by atoms with van der Waals surface area (Å²) in [5, 5.41) is 0. The number of hydrogen-bond donors (Lipinski definition) is 0. The van der Waals surface area contributed by atoms with Crippen molar-refractivity contribution in [3.8, 4) is 0 Å². The number of rotatable bonds is 5. The average molecular weight is 291 g/mol. The van der Waals surface area contributed by atoms with E-state index in [-0.39, 0.29) is 6.04 Å². The van der Waals surface area contributed by atoms with E-state index in [1.807, 2.05) is 24.8 Å². The van der Waals surface area contributed by atoms with Gasteiger partial charge in [0.15, 0.2) is 0 Å². The fraction of sp³-hybridized carbons (Fsp3) is 0.211. The van der Waals surface area contributed by atoms with Crippen molar-refractivity contribution in [3.63, 3.8) is 0 Å². The minimum Gasteiger partial charge on any atom is -0.369 e. The average Bonchev–Trinajstić information content (AvgIpc) is 3.10. The Balaban J connectivity index is 1.96. The van der Waals surface area contributed by atoms with Crippen LogP contribution in [0.4, 0.5) is 5.69 Å². The van der Waals surface area contributed by atoms with Crippen molar-refractivity contribution in [1.29, 1.82) is 0 Å². The minimum atomic E-state index is 0.217. The van der Waals surface area contributed by atoms with E-state index in [0.717, 1.165) is 0 Å². The zero-order valence-corrected chi connectivity index (χ0v) is 13.0. The van der Waals surface area contributed by atoms with Gasteiger partial charge < -0.3 is 9.47 Å². The summed E-state index contributed by atoms with van der Waals surface area (Å²) in [6.45, 7) is 2.25. The van der Waals surface area contributed by atoms with E-state index in [4.69, 9.17) is 0 Å². The number of benzene rings is 2. The van der Waals surface area contributed by atoms with E-state index in [1.165, 1.54) is 11.3 Å². The lowest BCUT2D eigenvalue weighted by Crippen LogP contribution is -2.37. The van der Waals surface area contributed by atoms with Gasteiger partial charge in [-0.15, -0.1) is 0 Å². The van der Waals surface area contributed by atoms with Crippen molar-refractivity contribution >= 4 is 5.69 Å². The Hall–Kier alpha value is -2.55. The second-order valence-corrected chi connectivity index (χ2v) is 5.55. The first kappa shape index (κ1) is 14.4. The Morgan fingerprint density at radius 3 is 2.18 bits per heavy atom. The van der Waals surface area contributed by atoms with Crippen molar-refractivity contribution in [3.05, 3.63) is 84.9 Å². The van der Waals surface area contributed by atoms with E-state index in [2.05, 4.69) is 83.0 Å². The Bertz CT molecular complexity index is 677. The number of nitrogens with zero attached hydrogens (tertiary/aromatic N) is 3. The molecule has 0 fully saturated rings. The molecule has 1 aromatic heterocycles. The predicted molar refractivity (Wildman–Crippen MR) is 91.1 cm³/mol. The van der Waals surface area contributed by atoms with Crippen molar-refractivity contribution in [1.82, 2.24) is 9.55 Å². The number of hydrogen-bond acceptors (Lipinski definition) is 2. The summed E-state index contributed by atoms with van der Waals surface area (Å²) in [6, 6.07) is 21.6. The van der Waals surface area contributed by atoms with Crippen LogP contribution < -0.4 is 4.90 Å². The van der Waals surface area contributed by atoms with Gasteiger partial charge in [-0.3, -0.25) is 0 Å². The molecule has 3 rings (SSSR count). The van der Waals surface area contributed by atoms with Crippen LogP contribution in [0.15, 0.2) is 79.4 Å². The highest BCUT2D eigenvalue weighted by atomic mass is 15.2. The summed E-state index contributed by atoms with van der Waals surface area (Å²) in [4.78, 5) is 6.54. The van der Waals surface area contributed by atoms with Crippen LogP contribution in [-0.2, 0) is 0 Å². The van der Waals surface area contributed by atoms with Gasteiger partial charge in [-0.25, -0.2) is 4.98 Å². The smallest absolute Gasteiger partial charge is 0.0952 e. The summed E-state index contributed by atoms with van der Waals surface area (Å²) in [6.07, 6.45) is 5.77. The molecule has 0 N–H and O–H groups in total. The predicted octanol–water partition coefficient (Wildman–Crippen LogP) is 4.00. The molecule has 2 atom stereocenters. The standard InChI is InChI=1S/C19H21N3/c1-16(21(2)18-11-7-4-8-12-18)19(22-14-13-20-15-22)17-9-5-3-6-10-17/h3-16,19H,1-2H3/t16-,19+/m0/s1. The molecular formula is C19H21N3. The molecule has 0 saturated carbocycles. The van der Waals surface area contributed by atoms with E-state index in [1.54, 1.807) is 0 Å². The molecule has 0 unspecified atom stereocenters. The molecule has 0 aliphatic rings. The summed E-state index contributed by atoms with van der Waals surface area (Å²) >= 11 is 0. The van der Waals surface area contributed by atoms with E-state index in [9.17, 15) is 0 Å². The van der Waals surface area contributed by atoms with Crippen molar-refractivity contribution in [2.75, 3.05) is 11.9 Å². The van der Waals surface area contributed by atoms with Crippen LogP contribution in [0.1, 0.15) is 18.5 Å². The second-order valence-electron chi connectivity index (χ2n) is 5.55. The molecule has 0 aliphatic carbocycles. The Kier molecular flexibility index (Phi) is 4.24. The number of imidazole rings is 1. The lowest BCUT2D eigenvalue weighted by molar-refractivity contribution is 0.478. The number of likely N-dealkylation sites (N-methyl/N-ethyl adjacent to an activating group) is 1. The molecular weight excluding hydrogens is 270 g/mol. The first-order valence-corrected chi connectivity index (χ1v) is 7.57. The summed E-state index contributed by atoms with van der Waals surface area (Å²) in [7, 11) is 2.15. The van der Waals surface area contributed by atoms with Crippen LogP contribution in [0.3, 0.4) is 0 Å². The second kappa shape index (κ2) is 6.48. The topological polar surface area (TPSA) is 21.1 Å². The zero-order chi connectivity index (χ0) is 15.4. The first-order valence-electron chi connectivity index (χ1n) is 7.57. The third-order valence-electron chi connectivity index (χ3n) is 4.22. The Labute approximate surface area is 131 Å². The van der Waals surface area contributed by atoms with Gasteiger partial charge in [0.05, 0.1) is 18.4 Å². The monoisotopic (exact) mass is 291 g/mol. The number of anilines is 1. The summed E-state index contributed by atoms with van der Waals surface area (Å²) in [5.41, 5.74) is 2.51. The molecule has 1 heterocycles. The first-order chi connectivity index (χ1) is 10.8. The van der Waals surface area contributed by atoms with Crippen molar-refractivity contribution in [2.24, 2.45) is 0 Å². The Morgan fingerprint density at radius 1 is 0.955 bits per heavy atom. The van der Waals surface area contributed by atoms with Gasteiger partial charge in [0, 0.05) is 25.1 Å². The Morgan fingerprint density at radius 2 is 1.59 bits per heavy atom. The molecule has 0 amide bonds. The van der Waals surface area contributed by atoms with Gasteiger partial charge >= 0.3 is 0 Å². The normalized spacial score (nSPS) is 13.5. The highest BCUT2D eigenvalue weighted by molar-refractivity contribution is 5.47. The minimum absolute atomic E-state index is 0.217. The molecule has 0 aliphatic heterocycles. The fourth-order valence-corrected chi connectivity index (χ4v) is 2.89. The van der Waals surface area contributed by atoms with Crippen LogP contribution >= 0.6 is 0 Å². The molecule has 3 heteroatoms. The third kappa shape index (κ3) is 2.89. The quantitative estimate of drug-likeness (QED) is 0.708. The largest absolute Gasteiger partial charge is 0.369 e. The van der Waals surface area contributed by atoms with E-state index < -0.39 is 0 Å². The molecule has 0 saturated heterocycles. The summed E-state index contributed by atoms with van der Waals surface area (Å²) in [5.74, 6) is 0. The van der Waals surface area contributed by atoms with Crippen LogP contribution in [0, 0.1) is 0 Å². The van der Waals surface area contributed by atoms with Crippen molar-refractivity contribution in [2.45, 2.75) is 19.0 Å². The van der Waals surface area contributed by atoms with Crippen LogP contribution in [-0.4, -0.2) is 22.6 Å². The van der Waals surface area contributed by atoms with Gasteiger partial charge in [-0.2, -0.15) is 0 Å². The maximum absolute atomic E-state index is 4.23. The number of aromatic nitrogens is 2. The highest BCUT2D eigenvalue weighted by Gasteiger charge is 2.24. The highest BCUT2D eigenvalue weighted by Crippen LogP contribution is 2.27. The van der Waals surface area contributed by atoms with Gasteiger partial charge in [0.2, 0.25) is 0 Å². The van der Waals surface area contributed by atoms with Gasteiger partial charge in [0.25, 0.3) is 0 Å². The fourth-order valence-electron chi connectivity index (χ4n) is 2.89. The third-order valence-corrected chi connectivity index (χ3v) is 4.22.